The summed E-state index contributed by atoms with van der Waals surface area (Å²) in [4.78, 5) is 0. The summed E-state index contributed by atoms with van der Waals surface area (Å²) in [7, 11) is 0. The third-order valence-electron chi connectivity index (χ3n) is 1.16. The van der Waals surface area contributed by atoms with Crippen LogP contribution in [0.4, 0.5) is 0 Å². The number of hydrogen-bond acceptors (Lipinski definition) is 2. The molecule has 10 heavy (non-hydrogen) atoms. The first-order chi connectivity index (χ1) is 4.47. The molecule has 0 radical (unpaired) electrons. The van der Waals surface area contributed by atoms with Crippen LogP contribution in [-0.2, 0) is 0 Å². The van der Waals surface area contributed by atoms with Crippen LogP contribution in [-0.4, -0.2) is 15.4 Å². The largest absolute Gasteiger partial charge is 1.00 e. The van der Waals surface area contributed by atoms with Crippen molar-refractivity contribution in [3.05, 3.63) is 24.3 Å². The smallest absolute Gasteiger partial charge is 0.223 e. The molecule has 1 aromatic carbocycles. The molecule has 3 nitrogen and oxygen atoms in total. The first-order valence-corrected chi connectivity index (χ1v) is 2.63. The van der Waals surface area contributed by atoms with Gasteiger partial charge in [-0.2, -0.15) is 17.2 Å². The number of aromatic nitrogens is 3. The van der Waals surface area contributed by atoms with Gasteiger partial charge >= 0.3 is 51.4 Å². The first kappa shape index (κ1) is 8.35. The van der Waals surface area contributed by atoms with Crippen LogP contribution < -0.4 is 51.4 Å². The standard InChI is InChI=1S/C6H4N3.K/c1-2-4-6-5(3-1)7-9-8-6;/h1,3-4H,(H,7,8,9);/q-1;+1. The number of hydrogen-bond donors (Lipinski definition) is 1. The quantitative estimate of drug-likeness (QED) is 0.347. The number of rotatable bonds is 0. The Balaban J connectivity index is 0.000000500. The molecule has 2 rings (SSSR count). The molecule has 0 saturated heterocycles. The third-order valence-corrected chi connectivity index (χ3v) is 1.16. The number of benzene rings is 1. The topological polar surface area (TPSA) is 41.6 Å². The average molecular weight is 157 g/mol. The van der Waals surface area contributed by atoms with Crippen LogP contribution in [0.1, 0.15) is 0 Å². The monoisotopic (exact) mass is 157 g/mol. The predicted molar refractivity (Wildman–Crippen MR) is 32.7 cm³/mol. The van der Waals surface area contributed by atoms with Crippen LogP contribution in [0, 0.1) is 6.07 Å². The Kier molecular flexibility index (Phi) is 3.00. The number of nitrogens with zero attached hydrogens (tertiary/aromatic N) is 2. The molecule has 1 aromatic heterocycles. The van der Waals surface area contributed by atoms with Gasteiger partial charge in [0.15, 0.2) is 0 Å². The van der Waals surface area contributed by atoms with Crippen LogP contribution >= 0.6 is 0 Å². The van der Waals surface area contributed by atoms with Gasteiger partial charge in [0.2, 0.25) is 0 Å². The van der Waals surface area contributed by atoms with E-state index in [4.69, 9.17) is 0 Å². The fourth-order valence-electron chi connectivity index (χ4n) is 0.730. The van der Waals surface area contributed by atoms with E-state index < -0.39 is 0 Å². The summed E-state index contributed by atoms with van der Waals surface area (Å²) in [6.45, 7) is 0. The van der Waals surface area contributed by atoms with Crippen molar-refractivity contribution in [3.63, 3.8) is 0 Å². The first-order valence-electron chi connectivity index (χ1n) is 2.63. The van der Waals surface area contributed by atoms with E-state index in [9.17, 15) is 0 Å². The summed E-state index contributed by atoms with van der Waals surface area (Å²) in [5.41, 5.74) is 1.74. The zero-order valence-corrected chi connectivity index (χ0v) is 8.75. The van der Waals surface area contributed by atoms with Crippen LogP contribution in [0.5, 0.6) is 0 Å². The third kappa shape index (κ3) is 1.46. The van der Waals surface area contributed by atoms with Gasteiger partial charge < -0.3 is 0 Å². The van der Waals surface area contributed by atoms with E-state index in [1.807, 2.05) is 12.1 Å². The second kappa shape index (κ2) is 3.59. The molecule has 1 N–H and O–H groups in total. The molecule has 0 aliphatic heterocycles. The average Bonchev–Trinajstić information content (AvgIpc) is 2.33. The molecule has 0 aliphatic rings. The van der Waals surface area contributed by atoms with E-state index in [0.29, 0.717) is 0 Å². The zero-order valence-electron chi connectivity index (χ0n) is 5.63. The molecule has 0 atom stereocenters. The van der Waals surface area contributed by atoms with E-state index in [-0.39, 0.29) is 51.4 Å². The fraction of sp³-hybridized carbons (Fsp3) is 0. The normalized spacial score (nSPS) is 9.20. The summed E-state index contributed by atoms with van der Waals surface area (Å²) in [5, 5.41) is 10.2. The van der Waals surface area contributed by atoms with Gasteiger partial charge in [-0.15, -0.1) is 12.1 Å². The van der Waals surface area contributed by atoms with Gasteiger partial charge in [-0.05, 0) is 0 Å². The van der Waals surface area contributed by atoms with Crippen molar-refractivity contribution in [2.75, 3.05) is 0 Å². The molecule has 1 heterocycles. The zero-order chi connectivity index (χ0) is 6.10. The van der Waals surface area contributed by atoms with Gasteiger partial charge in [-0.1, -0.05) is 0 Å². The van der Waals surface area contributed by atoms with Crippen molar-refractivity contribution in [3.8, 4) is 0 Å². The molecule has 2 aromatic rings. The summed E-state index contributed by atoms with van der Waals surface area (Å²) in [5.74, 6) is 0. The summed E-state index contributed by atoms with van der Waals surface area (Å²) < 4.78 is 0. The molecule has 0 spiro atoms. The molecule has 0 bridgehead atoms. The van der Waals surface area contributed by atoms with Crippen LogP contribution in [0.3, 0.4) is 0 Å². The van der Waals surface area contributed by atoms with E-state index >= 15 is 0 Å². The number of aromatic amines is 1. The van der Waals surface area contributed by atoms with Crippen molar-refractivity contribution >= 4 is 11.0 Å². The minimum Gasteiger partial charge on any atom is -0.223 e. The molecule has 4 heteroatoms. The van der Waals surface area contributed by atoms with Gasteiger partial charge in [0.1, 0.15) is 0 Å². The molecule has 0 fully saturated rings. The van der Waals surface area contributed by atoms with Crippen LogP contribution in [0.25, 0.3) is 11.0 Å². The van der Waals surface area contributed by atoms with Crippen molar-refractivity contribution in [2.24, 2.45) is 0 Å². The SMILES string of the molecule is [K+].[c-]1ccc2n[nH]nc2c1. The number of H-pyrrole nitrogens is 1. The van der Waals surface area contributed by atoms with Crippen molar-refractivity contribution in [1.29, 1.82) is 0 Å². The van der Waals surface area contributed by atoms with Gasteiger partial charge in [0.25, 0.3) is 0 Å². The molecular weight excluding hydrogens is 153 g/mol. The van der Waals surface area contributed by atoms with Crippen molar-refractivity contribution < 1.29 is 51.4 Å². The van der Waals surface area contributed by atoms with Gasteiger partial charge in [0, 0.05) is 11.0 Å². The van der Waals surface area contributed by atoms with Gasteiger partial charge in [-0.25, -0.2) is 10.3 Å². The van der Waals surface area contributed by atoms with Crippen molar-refractivity contribution in [2.45, 2.75) is 0 Å². The van der Waals surface area contributed by atoms with Crippen molar-refractivity contribution in [1.82, 2.24) is 15.4 Å². The number of nitrogens with one attached hydrogen (secondary N) is 1. The molecule has 0 aliphatic carbocycles. The Bertz CT molecular complexity index is 287. The molecule has 0 unspecified atom stereocenters. The van der Waals surface area contributed by atoms with Gasteiger partial charge in [0.05, 0.1) is 0 Å². The van der Waals surface area contributed by atoms with E-state index in [0.717, 1.165) is 11.0 Å². The Morgan fingerprint density at radius 1 is 1.30 bits per heavy atom. The maximum atomic E-state index is 3.86. The van der Waals surface area contributed by atoms with E-state index in [2.05, 4.69) is 21.5 Å². The Labute approximate surface area is 101 Å². The summed E-state index contributed by atoms with van der Waals surface area (Å²) in [6, 6.07) is 8.36. The molecule has 0 saturated carbocycles. The minimum absolute atomic E-state index is 0. The van der Waals surface area contributed by atoms with E-state index in [1.165, 1.54) is 0 Å². The Morgan fingerprint density at radius 2 is 2.10 bits per heavy atom. The molecule has 0 amide bonds. The second-order valence-corrected chi connectivity index (χ2v) is 1.74. The van der Waals surface area contributed by atoms with Crippen LogP contribution in [0.2, 0.25) is 0 Å². The van der Waals surface area contributed by atoms with Crippen LogP contribution in [0.15, 0.2) is 18.2 Å². The van der Waals surface area contributed by atoms with E-state index in [1.54, 1.807) is 6.07 Å². The molecular formula is C6H4KN3. The maximum Gasteiger partial charge on any atom is 1.00 e. The molecule has 44 valence electrons. The Morgan fingerprint density at radius 3 is 2.90 bits per heavy atom. The Hall–Kier alpha value is 0.256. The second-order valence-electron chi connectivity index (χ2n) is 1.74. The summed E-state index contributed by atoms with van der Waals surface area (Å²) >= 11 is 0. The maximum absolute atomic E-state index is 3.86. The summed E-state index contributed by atoms with van der Waals surface area (Å²) in [6.07, 6.45) is 0. The minimum atomic E-state index is 0. The predicted octanol–water partition coefficient (Wildman–Crippen LogP) is -2.24. The number of fused-ring (bicyclic) bond motifs is 1. The van der Waals surface area contributed by atoms with Gasteiger partial charge in [-0.3, -0.25) is 0 Å². The fourth-order valence-corrected chi connectivity index (χ4v) is 0.730.